The molecule has 4 aliphatic rings. The third-order valence-electron chi connectivity index (χ3n) is 8.20. The molecule has 1 saturated heterocycles. The highest BCUT2D eigenvalue weighted by Gasteiger charge is 2.56. The Bertz CT molecular complexity index is 1510. The zero-order valence-electron chi connectivity index (χ0n) is 20.3. The number of Topliss-reactive ketones (excluding diaryl/α,β-unsaturated/α-hetero) is 1. The molecule has 4 unspecified atom stereocenters. The van der Waals surface area contributed by atoms with E-state index in [0.29, 0.717) is 34.4 Å². The molecule has 2 amide bonds. The average molecular weight is 492 g/mol. The Morgan fingerprint density at radius 2 is 1.70 bits per heavy atom. The van der Waals surface area contributed by atoms with Crippen LogP contribution in [0.25, 0.3) is 6.08 Å². The quantitative estimate of drug-likeness (QED) is 0.383. The monoisotopic (exact) mass is 491 g/mol. The molecule has 6 rings (SSSR count). The highest BCUT2D eigenvalue weighted by molar-refractivity contribution is 6.25. The van der Waals surface area contributed by atoms with Crippen molar-refractivity contribution in [2.75, 3.05) is 4.90 Å². The summed E-state index contributed by atoms with van der Waals surface area (Å²) in [6.07, 6.45) is 5.57. The van der Waals surface area contributed by atoms with Crippen LogP contribution in [0.2, 0.25) is 0 Å². The summed E-state index contributed by atoms with van der Waals surface area (Å²) >= 11 is 0. The number of phenols is 1. The molecule has 6 nitrogen and oxygen atoms in total. The lowest BCUT2D eigenvalue weighted by atomic mass is 9.59. The largest absolute Gasteiger partial charge is 0.508 e. The molecule has 0 bridgehead atoms. The maximum Gasteiger partial charge on any atom is 0.238 e. The van der Waals surface area contributed by atoms with Gasteiger partial charge in [-0.25, -0.2) is 0 Å². The van der Waals surface area contributed by atoms with Gasteiger partial charge < -0.3 is 5.11 Å². The predicted molar refractivity (Wildman–Crippen MR) is 138 cm³/mol. The summed E-state index contributed by atoms with van der Waals surface area (Å²) in [6.45, 7) is 5.37. The van der Waals surface area contributed by atoms with E-state index in [0.717, 1.165) is 11.1 Å². The van der Waals surface area contributed by atoms with Crippen molar-refractivity contribution in [3.05, 3.63) is 101 Å². The molecule has 1 N–H and O–H groups in total. The van der Waals surface area contributed by atoms with E-state index in [9.17, 15) is 24.3 Å². The molecule has 2 aromatic rings. The number of carbonyl (C=O) groups excluding carboxylic acids is 4. The molecule has 4 atom stereocenters. The van der Waals surface area contributed by atoms with Gasteiger partial charge in [-0.3, -0.25) is 24.1 Å². The molecule has 2 aromatic carbocycles. The number of amides is 2. The number of benzene rings is 2. The van der Waals surface area contributed by atoms with Crippen LogP contribution in [0.4, 0.5) is 5.69 Å². The van der Waals surface area contributed by atoms with Gasteiger partial charge >= 0.3 is 0 Å². The summed E-state index contributed by atoms with van der Waals surface area (Å²) in [7, 11) is 0. The number of hydrogen-bond acceptors (Lipinski definition) is 5. The first-order valence-corrected chi connectivity index (χ1v) is 12.4. The molecule has 0 spiro atoms. The van der Waals surface area contributed by atoms with Crippen LogP contribution in [-0.2, 0) is 19.2 Å². The van der Waals surface area contributed by atoms with Gasteiger partial charge in [0.2, 0.25) is 11.8 Å². The van der Waals surface area contributed by atoms with Crippen LogP contribution in [-0.4, -0.2) is 28.5 Å². The Hall–Kier alpha value is -4.32. The second-order valence-corrected chi connectivity index (χ2v) is 10.1. The number of hydrogen-bond donors (Lipinski definition) is 1. The van der Waals surface area contributed by atoms with Crippen molar-refractivity contribution in [1.29, 1.82) is 0 Å². The minimum Gasteiger partial charge on any atom is -0.508 e. The molecule has 37 heavy (non-hydrogen) atoms. The fourth-order valence-electron chi connectivity index (χ4n) is 6.48. The highest BCUT2D eigenvalue weighted by Crippen LogP contribution is 2.56. The standard InChI is InChI=1S/C31H25NO5/c1-3-17-8-10-18(11-9-17)32-30(36)21-13-12-19-22(27(21)31(32)37)15-23-28(25(34)14-16(2)29(23)35)26(19)20-6-4-5-7-24(20)33/h3-12,14,21-22,26-27,33H,1,13,15H2,2H3. The fourth-order valence-corrected chi connectivity index (χ4v) is 6.48. The van der Waals surface area contributed by atoms with E-state index in [1.165, 1.54) is 11.0 Å². The number of imide groups is 1. The summed E-state index contributed by atoms with van der Waals surface area (Å²) in [5.74, 6) is -3.27. The molecule has 0 aromatic heterocycles. The van der Waals surface area contributed by atoms with Crippen molar-refractivity contribution in [3.63, 3.8) is 0 Å². The van der Waals surface area contributed by atoms with Gasteiger partial charge in [-0.1, -0.05) is 54.6 Å². The van der Waals surface area contributed by atoms with Gasteiger partial charge in [0.1, 0.15) is 5.75 Å². The average Bonchev–Trinajstić information content (AvgIpc) is 3.16. The van der Waals surface area contributed by atoms with E-state index in [4.69, 9.17) is 0 Å². The molecule has 3 aliphatic carbocycles. The van der Waals surface area contributed by atoms with Crippen molar-refractivity contribution in [3.8, 4) is 5.75 Å². The lowest BCUT2D eigenvalue weighted by Crippen LogP contribution is -2.39. The Morgan fingerprint density at radius 3 is 2.41 bits per heavy atom. The van der Waals surface area contributed by atoms with Gasteiger partial charge in [-0.2, -0.15) is 0 Å². The first kappa shape index (κ1) is 23.1. The minimum atomic E-state index is -0.652. The van der Waals surface area contributed by atoms with E-state index in [1.807, 2.05) is 18.2 Å². The van der Waals surface area contributed by atoms with Crippen molar-refractivity contribution in [1.82, 2.24) is 0 Å². The summed E-state index contributed by atoms with van der Waals surface area (Å²) in [5, 5.41) is 10.8. The lowest BCUT2D eigenvalue weighted by Gasteiger charge is -2.42. The van der Waals surface area contributed by atoms with Crippen LogP contribution < -0.4 is 4.90 Å². The number of anilines is 1. The van der Waals surface area contributed by atoms with E-state index in [2.05, 4.69) is 6.58 Å². The van der Waals surface area contributed by atoms with Gasteiger partial charge in [0.05, 0.1) is 17.5 Å². The molecule has 0 saturated carbocycles. The highest BCUT2D eigenvalue weighted by atomic mass is 16.3. The number of aromatic hydroxyl groups is 1. The van der Waals surface area contributed by atoms with Crippen LogP contribution in [0.5, 0.6) is 5.75 Å². The zero-order valence-corrected chi connectivity index (χ0v) is 20.3. The van der Waals surface area contributed by atoms with Crippen molar-refractivity contribution in [2.45, 2.75) is 25.7 Å². The van der Waals surface area contributed by atoms with Crippen LogP contribution in [0, 0.1) is 17.8 Å². The van der Waals surface area contributed by atoms with Crippen LogP contribution in [0.3, 0.4) is 0 Å². The molecular weight excluding hydrogens is 466 g/mol. The number of nitrogens with zero attached hydrogens (tertiary/aromatic N) is 1. The van der Waals surface area contributed by atoms with Crippen LogP contribution >= 0.6 is 0 Å². The third-order valence-corrected chi connectivity index (χ3v) is 8.20. The molecule has 184 valence electrons. The summed E-state index contributed by atoms with van der Waals surface area (Å²) in [6, 6.07) is 13.9. The lowest BCUT2D eigenvalue weighted by molar-refractivity contribution is -0.123. The molecule has 1 aliphatic heterocycles. The maximum atomic E-state index is 13.9. The van der Waals surface area contributed by atoms with E-state index in [-0.39, 0.29) is 35.6 Å². The number of allylic oxidation sites excluding steroid dienone is 6. The molecular formula is C31H25NO5. The number of ketones is 2. The smallest absolute Gasteiger partial charge is 0.238 e. The Kier molecular flexibility index (Phi) is 5.23. The van der Waals surface area contributed by atoms with Crippen molar-refractivity contribution in [2.24, 2.45) is 17.8 Å². The molecule has 0 radical (unpaired) electrons. The van der Waals surface area contributed by atoms with Gasteiger partial charge in [0, 0.05) is 28.2 Å². The van der Waals surface area contributed by atoms with Crippen molar-refractivity contribution >= 4 is 35.1 Å². The number of fused-ring (bicyclic) bond motifs is 3. The van der Waals surface area contributed by atoms with Gasteiger partial charge in [0.25, 0.3) is 0 Å². The van der Waals surface area contributed by atoms with Crippen molar-refractivity contribution < 1.29 is 24.3 Å². The van der Waals surface area contributed by atoms with Gasteiger partial charge in [0.15, 0.2) is 11.6 Å². The van der Waals surface area contributed by atoms with Gasteiger partial charge in [-0.05, 0) is 55.5 Å². The normalized spacial score (nSPS) is 26.9. The SMILES string of the molecule is C=Cc1ccc(N2C(=O)C3CC=C4C(c5ccccc5O)C5=C(CC4C3C2=O)C(=O)C(C)=CC5=O)cc1. The first-order valence-electron chi connectivity index (χ1n) is 12.4. The van der Waals surface area contributed by atoms with Crippen LogP contribution in [0.15, 0.2) is 89.6 Å². The first-order chi connectivity index (χ1) is 17.8. The number of phenolic OH excluding ortho intramolecular Hbond substituents is 1. The van der Waals surface area contributed by atoms with E-state index < -0.39 is 23.7 Å². The second kappa shape index (κ2) is 8.37. The third kappa shape index (κ3) is 3.32. The maximum absolute atomic E-state index is 13.9. The van der Waals surface area contributed by atoms with Crippen LogP contribution in [0.1, 0.15) is 36.8 Å². The Labute approximate surface area is 214 Å². The zero-order chi connectivity index (χ0) is 26.0. The van der Waals surface area contributed by atoms with E-state index >= 15 is 0 Å². The summed E-state index contributed by atoms with van der Waals surface area (Å²) < 4.78 is 0. The fraction of sp³-hybridized carbons (Fsp3) is 0.226. The molecule has 6 heteroatoms. The second-order valence-electron chi connectivity index (χ2n) is 10.1. The van der Waals surface area contributed by atoms with Gasteiger partial charge in [-0.15, -0.1) is 0 Å². The predicted octanol–water partition coefficient (Wildman–Crippen LogP) is 4.67. The Morgan fingerprint density at radius 1 is 0.973 bits per heavy atom. The number of carbonyl (C=O) groups is 4. The van der Waals surface area contributed by atoms with E-state index in [1.54, 1.807) is 49.4 Å². The number of rotatable bonds is 3. The minimum absolute atomic E-state index is 0.0207. The topological polar surface area (TPSA) is 91.8 Å². The summed E-state index contributed by atoms with van der Waals surface area (Å²) in [5.41, 5.74) is 3.84. The molecule has 1 fully saturated rings. The molecule has 1 heterocycles. The number of para-hydroxylation sites is 1. The Balaban J connectivity index is 1.48. The summed E-state index contributed by atoms with van der Waals surface area (Å²) in [4.78, 5) is 55.2.